The second kappa shape index (κ2) is 2.75. The van der Waals surface area contributed by atoms with Gasteiger partial charge in [-0.3, -0.25) is 0 Å². The number of rotatable bonds is 1. The van der Waals surface area contributed by atoms with Gasteiger partial charge in [0.25, 0.3) is 0 Å². The summed E-state index contributed by atoms with van der Waals surface area (Å²) in [6.45, 7) is 8.07. The van der Waals surface area contributed by atoms with Gasteiger partial charge in [-0.1, -0.05) is 19.1 Å². The van der Waals surface area contributed by atoms with Crippen molar-refractivity contribution in [2.45, 2.75) is 32.8 Å². The van der Waals surface area contributed by atoms with Gasteiger partial charge in [-0.15, -0.1) is 0 Å². The molecule has 0 aromatic heterocycles. The number of hydrogen-bond acceptors (Lipinski definition) is 1. The minimum Gasteiger partial charge on any atom is -0.393 e. The van der Waals surface area contributed by atoms with Crippen LogP contribution in [0.1, 0.15) is 26.7 Å². The Morgan fingerprint density at radius 1 is 1.50 bits per heavy atom. The molecule has 0 saturated heterocycles. The molecule has 0 aromatic carbocycles. The molecule has 3 atom stereocenters. The van der Waals surface area contributed by atoms with E-state index in [4.69, 9.17) is 0 Å². The first-order valence-electron chi connectivity index (χ1n) is 3.96. The molecule has 1 nitrogen and oxygen atoms in total. The predicted octanol–water partition coefficient (Wildman–Crippen LogP) is 1.97. The molecule has 1 saturated carbocycles. The van der Waals surface area contributed by atoms with Gasteiger partial charge < -0.3 is 5.11 Å². The lowest BCUT2D eigenvalue weighted by Crippen LogP contribution is -2.15. The van der Waals surface area contributed by atoms with Crippen LogP contribution in [-0.2, 0) is 0 Å². The number of hydrogen-bond donors (Lipinski definition) is 1. The van der Waals surface area contributed by atoms with Gasteiger partial charge >= 0.3 is 0 Å². The van der Waals surface area contributed by atoms with Crippen LogP contribution in [0.3, 0.4) is 0 Å². The summed E-state index contributed by atoms with van der Waals surface area (Å²) in [5.74, 6) is 0.993. The van der Waals surface area contributed by atoms with Crippen LogP contribution in [0.2, 0.25) is 0 Å². The van der Waals surface area contributed by atoms with Gasteiger partial charge in [0.2, 0.25) is 0 Å². The van der Waals surface area contributed by atoms with Crippen LogP contribution in [0, 0.1) is 11.8 Å². The highest BCUT2D eigenvalue weighted by atomic mass is 16.3. The fourth-order valence-electron chi connectivity index (χ4n) is 1.84. The second-order valence-corrected chi connectivity index (χ2v) is 3.46. The molecule has 1 aliphatic rings. The van der Waals surface area contributed by atoms with E-state index in [9.17, 15) is 5.11 Å². The third kappa shape index (κ3) is 1.24. The molecule has 0 spiro atoms. The summed E-state index contributed by atoms with van der Waals surface area (Å²) >= 11 is 0. The first kappa shape index (κ1) is 7.80. The monoisotopic (exact) mass is 140 g/mol. The average molecular weight is 140 g/mol. The number of aliphatic hydroxyl groups is 1. The van der Waals surface area contributed by atoms with E-state index >= 15 is 0 Å². The van der Waals surface area contributed by atoms with Crippen molar-refractivity contribution in [3.05, 3.63) is 12.2 Å². The summed E-state index contributed by atoms with van der Waals surface area (Å²) < 4.78 is 0. The van der Waals surface area contributed by atoms with E-state index < -0.39 is 0 Å². The van der Waals surface area contributed by atoms with E-state index in [2.05, 4.69) is 20.4 Å². The lowest BCUT2D eigenvalue weighted by molar-refractivity contribution is 0.132. The Bertz CT molecular complexity index is 140. The minimum atomic E-state index is -0.0818. The first-order valence-corrected chi connectivity index (χ1v) is 3.96. The third-order valence-corrected chi connectivity index (χ3v) is 2.65. The second-order valence-electron chi connectivity index (χ2n) is 3.46. The van der Waals surface area contributed by atoms with E-state index in [0.29, 0.717) is 11.8 Å². The highest BCUT2D eigenvalue weighted by Crippen LogP contribution is 2.35. The fourth-order valence-corrected chi connectivity index (χ4v) is 1.84. The topological polar surface area (TPSA) is 20.2 Å². The molecule has 1 heteroatoms. The lowest BCUT2D eigenvalue weighted by Gasteiger charge is -2.16. The Hall–Kier alpha value is -0.300. The number of allylic oxidation sites excluding steroid dienone is 1. The van der Waals surface area contributed by atoms with Crippen molar-refractivity contribution >= 4 is 0 Å². The molecule has 1 fully saturated rings. The maximum atomic E-state index is 9.38. The van der Waals surface area contributed by atoms with Crippen molar-refractivity contribution in [3.63, 3.8) is 0 Å². The van der Waals surface area contributed by atoms with E-state index in [1.807, 2.05) is 0 Å². The molecular formula is C9H16O. The highest BCUT2D eigenvalue weighted by Gasteiger charge is 2.31. The van der Waals surface area contributed by atoms with Crippen LogP contribution >= 0.6 is 0 Å². The highest BCUT2D eigenvalue weighted by molar-refractivity contribution is 5.02. The fraction of sp³-hybridized carbons (Fsp3) is 0.778. The Balaban J connectivity index is 2.57. The SMILES string of the molecule is C=C(C)C1CC[C@@H](O)C1C. The molecule has 10 heavy (non-hydrogen) atoms. The van der Waals surface area contributed by atoms with E-state index in [1.54, 1.807) is 0 Å². The van der Waals surface area contributed by atoms with Crippen LogP contribution in [0.25, 0.3) is 0 Å². The molecule has 0 aromatic rings. The Kier molecular flexibility index (Phi) is 2.14. The van der Waals surface area contributed by atoms with Crippen molar-refractivity contribution in [2.75, 3.05) is 0 Å². The Morgan fingerprint density at radius 3 is 2.30 bits per heavy atom. The molecule has 2 unspecified atom stereocenters. The van der Waals surface area contributed by atoms with Gasteiger partial charge in [0.15, 0.2) is 0 Å². The van der Waals surface area contributed by atoms with Crippen LogP contribution in [0.15, 0.2) is 12.2 Å². The quantitative estimate of drug-likeness (QED) is 0.552. The molecule has 1 N–H and O–H groups in total. The van der Waals surface area contributed by atoms with Gasteiger partial charge in [0.05, 0.1) is 6.10 Å². The Morgan fingerprint density at radius 2 is 2.10 bits per heavy atom. The van der Waals surface area contributed by atoms with Crippen LogP contribution in [-0.4, -0.2) is 11.2 Å². The zero-order valence-electron chi connectivity index (χ0n) is 6.80. The zero-order valence-corrected chi connectivity index (χ0v) is 6.80. The predicted molar refractivity (Wildman–Crippen MR) is 42.7 cm³/mol. The molecule has 0 amide bonds. The summed E-state index contributed by atoms with van der Waals surface area (Å²) in [4.78, 5) is 0. The molecular weight excluding hydrogens is 124 g/mol. The summed E-state index contributed by atoms with van der Waals surface area (Å²) in [5.41, 5.74) is 1.23. The van der Waals surface area contributed by atoms with Crippen molar-refractivity contribution in [2.24, 2.45) is 11.8 Å². The van der Waals surface area contributed by atoms with Crippen LogP contribution in [0.4, 0.5) is 0 Å². The molecule has 0 aliphatic heterocycles. The summed E-state index contributed by atoms with van der Waals surface area (Å²) in [6, 6.07) is 0. The van der Waals surface area contributed by atoms with E-state index in [0.717, 1.165) is 12.8 Å². The van der Waals surface area contributed by atoms with Crippen molar-refractivity contribution in [3.8, 4) is 0 Å². The third-order valence-electron chi connectivity index (χ3n) is 2.65. The summed E-state index contributed by atoms with van der Waals surface area (Å²) in [6.07, 6.45) is 2.00. The van der Waals surface area contributed by atoms with Gasteiger partial charge in [-0.25, -0.2) is 0 Å². The summed E-state index contributed by atoms with van der Waals surface area (Å²) in [7, 11) is 0. The molecule has 1 aliphatic carbocycles. The zero-order chi connectivity index (χ0) is 7.72. The van der Waals surface area contributed by atoms with Crippen molar-refractivity contribution in [1.29, 1.82) is 0 Å². The molecule has 1 rings (SSSR count). The molecule has 0 heterocycles. The normalized spacial score (nSPS) is 40.1. The molecule has 0 radical (unpaired) electrons. The molecule has 0 bridgehead atoms. The largest absolute Gasteiger partial charge is 0.393 e. The van der Waals surface area contributed by atoms with Crippen LogP contribution < -0.4 is 0 Å². The minimum absolute atomic E-state index is 0.0818. The maximum absolute atomic E-state index is 9.38. The Labute approximate surface area is 62.8 Å². The maximum Gasteiger partial charge on any atom is 0.0571 e. The smallest absolute Gasteiger partial charge is 0.0571 e. The molecule has 58 valence electrons. The van der Waals surface area contributed by atoms with Gasteiger partial charge in [-0.2, -0.15) is 0 Å². The van der Waals surface area contributed by atoms with Gasteiger partial charge in [0, 0.05) is 0 Å². The standard InChI is InChI=1S/C9H16O/c1-6(2)8-4-5-9(10)7(8)3/h7-10H,1,4-5H2,2-3H3/t7?,8?,9-/m1/s1. The van der Waals surface area contributed by atoms with Crippen molar-refractivity contribution < 1.29 is 5.11 Å². The number of aliphatic hydroxyl groups excluding tert-OH is 1. The van der Waals surface area contributed by atoms with Gasteiger partial charge in [0.1, 0.15) is 0 Å². The van der Waals surface area contributed by atoms with Crippen molar-refractivity contribution in [1.82, 2.24) is 0 Å². The lowest BCUT2D eigenvalue weighted by atomic mass is 9.91. The average Bonchev–Trinajstić information content (AvgIpc) is 2.14. The van der Waals surface area contributed by atoms with Crippen LogP contribution in [0.5, 0.6) is 0 Å². The van der Waals surface area contributed by atoms with E-state index in [1.165, 1.54) is 5.57 Å². The van der Waals surface area contributed by atoms with E-state index in [-0.39, 0.29) is 6.10 Å². The van der Waals surface area contributed by atoms with Gasteiger partial charge in [-0.05, 0) is 31.6 Å². The summed E-state index contributed by atoms with van der Waals surface area (Å²) in [5, 5.41) is 9.38. The first-order chi connectivity index (χ1) is 4.63.